The van der Waals surface area contributed by atoms with Crippen LogP contribution in [0.25, 0.3) is 0 Å². The van der Waals surface area contributed by atoms with Crippen molar-refractivity contribution in [2.75, 3.05) is 0 Å². The van der Waals surface area contributed by atoms with E-state index < -0.39 is 5.97 Å². The zero-order valence-corrected chi connectivity index (χ0v) is 6.51. The van der Waals surface area contributed by atoms with Crippen LogP contribution in [-0.4, -0.2) is 21.2 Å². The van der Waals surface area contributed by atoms with Crippen molar-refractivity contribution in [1.29, 1.82) is 0 Å². The molecular formula is C6H5NO3S. The highest BCUT2D eigenvalue weighted by atomic mass is 32.1. The van der Waals surface area contributed by atoms with Crippen molar-refractivity contribution < 1.29 is 14.7 Å². The molecule has 11 heavy (non-hydrogen) atoms. The first-order valence-electron chi connectivity index (χ1n) is 2.81. The van der Waals surface area contributed by atoms with E-state index in [1.807, 2.05) is 0 Å². The monoisotopic (exact) mass is 171 g/mol. The second-order valence-corrected chi connectivity index (χ2v) is 2.57. The third-order valence-corrected chi connectivity index (χ3v) is 1.76. The number of Topliss-reactive ketones (excluding diaryl/α,β-unsaturated/α-hetero) is 1. The number of carboxylic acids is 1. The summed E-state index contributed by atoms with van der Waals surface area (Å²) in [4.78, 5) is 21.1. The van der Waals surface area contributed by atoms with Crippen LogP contribution in [0, 0.1) is 0 Å². The SMILES string of the molecule is CC(=O)c1nscc1C(=O)O. The minimum absolute atomic E-state index is 0.0116. The molecule has 4 nitrogen and oxygen atoms in total. The third-order valence-electron chi connectivity index (χ3n) is 1.13. The van der Waals surface area contributed by atoms with E-state index in [0.29, 0.717) is 0 Å². The van der Waals surface area contributed by atoms with Crippen LogP contribution in [-0.2, 0) is 0 Å². The Morgan fingerprint density at radius 1 is 1.64 bits per heavy atom. The summed E-state index contributed by atoms with van der Waals surface area (Å²) >= 11 is 0.971. The molecule has 0 bridgehead atoms. The van der Waals surface area contributed by atoms with Gasteiger partial charge in [0.2, 0.25) is 0 Å². The van der Waals surface area contributed by atoms with E-state index in [1.54, 1.807) is 0 Å². The van der Waals surface area contributed by atoms with E-state index in [2.05, 4.69) is 4.37 Å². The smallest absolute Gasteiger partial charge is 0.338 e. The molecule has 1 rings (SSSR count). The molecule has 0 fully saturated rings. The lowest BCUT2D eigenvalue weighted by molar-refractivity contribution is 0.0692. The van der Waals surface area contributed by atoms with E-state index >= 15 is 0 Å². The maximum atomic E-state index is 10.7. The van der Waals surface area contributed by atoms with Gasteiger partial charge in [-0.2, -0.15) is 4.37 Å². The second kappa shape index (κ2) is 2.79. The van der Waals surface area contributed by atoms with Gasteiger partial charge in [0.15, 0.2) is 5.78 Å². The Kier molecular flexibility index (Phi) is 2.00. The molecule has 0 aromatic carbocycles. The fourth-order valence-corrected chi connectivity index (χ4v) is 1.35. The topological polar surface area (TPSA) is 67.3 Å². The van der Waals surface area contributed by atoms with Gasteiger partial charge in [-0.25, -0.2) is 4.79 Å². The molecule has 0 aliphatic heterocycles. The average Bonchev–Trinajstić information content (AvgIpc) is 2.32. The predicted molar refractivity (Wildman–Crippen MR) is 39.1 cm³/mol. The van der Waals surface area contributed by atoms with Crippen molar-refractivity contribution in [3.05, 3.63) is 16.6 Å². The molecular weight excluding hydrogens is 166 g/mol. The number of hydrogen-bond donors (Lipinski definition) is 1. The van der Waals surface area contributed by atoms with Gasteiger partial charge in [0.25, 0.3) is 0 Å². The Balaban J connectivity index is 3.16. The lowest BCUT2D eigenvalue weighted by atomic mass is 10.2. The number of rotatable bonds is 2. The van der Waals surface area contributed by atoms with Gasteiger partial charge in [-0.15, -0.1) is 0 Å². The molecule has 1 aromatic rings. The van der Waals surface area contributed by atoms with E-state index in [0.717, 1.165) is 11.5 Å². The fourth-order valence-electron chi connectivity index (χ4n) is 0.642. The van der Waals surface area contributed by atoms with E-state index in [9.17, 15) is 9.59 Å². The minimum Gasteiger partial charge on any atom is -0.478 e. The van der Waals surface area contributed by atoms with Crippen LogP contribution >= 0.6 is 11.5 Å². The van der Waals surface area contributed by atoms with Gasteiger partial charge < -0.3 is 5.11 Å². The molecule has 0 aliphatic rings. The van der Waals surface area contributed by atoms with E-state index in [-0.39, 0.29) is 17.0 Å². The summed E-state index contributed by atoms with van der Waals surface area (Å²) < 4.78 is 3.65. The molecule has 0 saturated heterocycles. The first kappa shape index (κ1) is 7.87. The standard InChI is InChI=1S/C6H5NO3S/c1-3(8)5-4(6(9)10)2-11-7-5/h2H,1H3,(H,9,10). The lowest BCUT2D eigenvalue weighted by Crippen LogP contribution is -2.03. The van der Waals surface area contributed by atoms with Gasteiger partial charge in [0.05, 0.1) is 0 Å². The number of hydrogen-bond acceptors (Lipinski definition) is 4. The summed E-state index contributed by atoms with van der Waals surface area (Å²) in [6, 6.07) is 0. The summed E-state index contributed by atoms with van der Waals surface area (Å²) in [5.74, 6) is -1.42. The van der Waals surface area contributed by atoms with Gasteiger partial charge in [0.1, 0.15) is 11.3 Å². The van der Waals surface area contributed by atoms with Crippen LogP contribution < -0.4 is 0 Å². The van der Waals surface area contributed by atoms with Crippen molar-refractivity contribution in [2.45, 2.75) is 6.92 Å². The van der Waals surface area contributed by atoms with E-state index in [4.69, 9.17) is 5.11 Å². The van der Waals surface area contributed by atoms with Gasteiger partial charge in [0, 0.05) is 12.3 Å². The molecule has 0 spiro atoms. The minimum atomic E-state index is -1.11. The quantitative estimate of drug-likeness (QED) is 0.675. The number of carbonyl (C=O) groups excluding carboxylic acids is 1. The van der Waals surface area contributed by atoms with Crippen molar-refractivity contribution in [1.82, 2.24) is 4.37 Å². The Morgan fingerprint density at radius 2 is 2.27 bits per heavy atom. The van der Waals surface area contributed by atoms with Crippen LogP contribution in [0.3, 0.4) is 0 Å². The van der Waals surface area contributed by atoms with Crippen molar-refractivity contribution in [3.8, 4) is 0 Å². The molecule has 1 aromatic heterocycles. The zero-order chi connectivity index (χ0) is 8.43. The molecule has 0 radical (unpaired) electrons. The summed E-state index contributed by atoms with van der Waals surface area (Å²) in [5, 5.41) is 9.86. The predicted octanol–water partition coefficient (Wildman–Crippen LogP) is 1.04. The first-order chi connectivity index (χ1) is 5.13. The van der Waals surface area contributed by atoms with Crippen LogP contribution in [0.4, 0.5) is 0 Å². The van der Waals surface area contributed by atoms with Crippen molar-refractivity contribution in [3.63, 3.8) is 0 Å². The largest absolute Gasteiger partial charge is 0.478 e. The first-order valence-corrected chi connectivity index (χ1v) is 3.65. The van der Waals surface area contributed by atoms with Gasteiger partial charge in [-0.1, -0.05) is 0 Å². The summed E-state index contributed by atoms with van der Waals surface area (Å²) in [7, 11) is 0. The van der Waals surface area contributed by atoms with Gasteiger partial charge >= 0.3 is 5.97 Å². The fraction of sp³-hybridized carbons (Fsp3) is 0.167. The molecule has 0 aliphatic carbocycles. The zero-order valence-electron chi connectivity index (χ0n) is 5.70. The van der Waals surface area contributed by atoms with Crippen LogP contribution in [0.15, 0.2) is 5.38 Å². The maximum Gasteiger partial charge on any atom is 0.338 e. The van der Waals surface area contributed by atoms with E-state index in [1.165, 1.54) is 12.3 Å². The maximum absolute atomic E-state index is 10.7. The number of aromatic carboxylic acids is 1. The van der Waals surface area contributed by atoms with Gasteiger partial charge in [-0.05, 0) is 11.5 Å². The third kappa shape index (κ3) is 1.43. The number of carboxylic acid groups (broad SMARTS) is 1. The number of ketones is 1. The normalized spacial score (nSPS) is 9.55. The molecule has 58 valence electrons. The Bertz CT molecular complexity index is 276. The molecule has 1 N–H and O–H groups in total. The highest BCUT2D eigenvalue weighted by Crippen LogP contribution is 2.10. The molecule has 0 unspecified atom stereocenters. The second-order valence-electron chi connectivity index (χ2n) is 1.94. The van der Waals surface area contributed by atoms with Crippen LogP contribution in [0.5, 0.6) is 0 Å². The van der Waals surface area contributed by atoms with Crippen LogP contribution in [0.1, 0.15) is 27.8 Å². The average molecular weight is 171 g/mol. The molecule has 0 atom stereocenters. The van der Waals surface area contributed by atoms with Crippen molar-refractivity contribution >= 4 is 23.3 Å². The summed E-state index contributed by atoms with van der Waals surface area (Å²) in [6.45, 7) is 1.29. The number of aromatic nitrogens is 1. The molecule has 1 heterocycles. The Morgan fingerprint density at radius 3 is 2.64 bits per heavy atom. The highest BCUT2D eigenvalue weighted by Gasteiger charge is 2.15. The summed E-state index contributed by atoms with van der Waals surface area (Å²) in [6.07, 6.45) is 0. The lowest BCUT2D eigenvalue weighted by Gasteiger charge is -1.89. The number of nitrogens with zero attached hydrogens (tertiary/aromatic N) is 1. The Labute approximate surface area is 66.6 Å². The van der Waals surface area contributed by atoms with Crippen LogP contribution in [0.2, 0.25) is 0 Å². The highest BCUT2D eigenvalue weighted by molar-refractivity contribution is 7.04. The Hall–Kier alpha value is -1.23. The van der Waals surface area contributed by atoms with Gasteiger partial charge in [-0.3, -0.25) is 4.79 Å². The molecule has 5 heteroatoms. The van der Waals surface area contributed by atoms with Crippen molar-refractivity contribution in [2.24, 2.45) is 0 Å². The molecule has 0 saturated carbocycles. The molecule has 0 amide bonds. The number of carbonyl (C=O) groups is 2. The summed E-state index contributed by atoms with van der Waals surface area (Å²) in [5.41, 5.74) is 0.0324.